The minimum Gasteiger partial charge on any atom is -0.478 e. The van der Waals surface area contributed by atoms with Crippen LogP contribution in [-0.4, -0.2) is 35.1 Å². The number of hydrogen-bond donors (Lipinski definition) is 1. The molecular weight excluding hydrogens is 190 g/mol. The van der Waals surface area contributed by atoms with Gasteiger partial charge in [0.1, 0.15) is 0 Å². The van der Waals surface area contributed by atoms with Crippen LogP contribution >= 0.6 is 0 Å². The minimum absolute atomic E-state index is 0.862. The van der Waals surface area contributed by atoms with E-state index in [9.17, 15) is 4.79 Å². The highest BCUT2D eigenvalue weighted by Gasteiger charge is 2.30. The summed E-state index contributed by atoms with van der Waals surface area (Å²) in [6.07, 6.45) is 9.74. The molecule has 15 heavy (non-hydrogen) atoms. The van der Waals surface area contributed by atoms with E-state index in [2.05, 4.69) is 4.90 Å². The third-order valence-electron chi connectivity index (χ3n) is 3.07. The lowest BCUT2D eigenvalue weighted by Crippen LogP contribution is -2.32. The number of likely N-dealkylation sites (tertiary alicyclic amines) is 1. The van der Waals surface area contributed by atoms with Crippen molar-refractivity contribution in [2.24, 2.45) is 0 Å². The van der Waals surface area contributed by atoms with Crippen LogP contribution in [-0.2, 0) is 4.79 Å². The highest BCUT2D eigenvalue weighted by atomic mass is 16.4. The molecule has 1 N–H and O–H groups in total. The summed E-state index contributed by atoms with van der Waals surface area (Å²) in [5, 5.41) is 8.44. The Labute approximate surface area is 90.1 Å². The van der Waals surface area contributed by atoms with Crippen LogP contribution in [0, 0.1) is 0 Å². The topological polar surface area (TPSA) is 40.5 Å². The lowest BCUT2D eigenvalue weighted by molar-refractivity contribution is -0.131. The molecule has 0 amide bonds. The highest BCUT2D eigenvalue weighted by Crippen LogP contribution is 2.30. The van der Waals surface area contributed by atoms with E-state index in [0.29, 0.717) is 0 Å². The van der Waals surface area contributed by atoms with Crippen LogP contribution in [0.5, 0.6) is 0 Å². The molecule has 0 aromatic carbocycles. The molecule has 0 bridgehead atoms. The Morgan fingerprint density at radius 1 is 1.33 bits per heavy atom. The SMILES string of the molecule is O=C(O)/C=C/C=C1CCN(C2CC2)CC1. The number of carboxylic acids is 1. The summed E-state index contributed by atoms with van der Waals surface area (Å²) in [6, 6.07) is 0.862. The fourth-order valence-corrected chi connectivity index (χ4v) is 2.05. The van der Waals surface area contributed by atoms with Crippen molar-refractivity contribution in [2.75, 3.05) is 13.1 Å². The molecule has 1 saturated carbocycles. The Morgan fingerprint density at radius 2 is 2.00 bits per heavy atom. The minimum atomic E-state index is -0.873. The molecule has 2 aliphatic rings. The number of nitrogens with zero attached hydrogens (tertiary/aromatic N) is 1. The van der Waals surface area contributed by atoms with Crippen molar-refractivity contribution in [3.05, 3.63) is 23.8 Å². The van der Waals surface area contributed by atoms with Gasteiger partial charge in [-0.25, -0.2) is 4.79 Å². The maximum atomic E-state index is 10.3. The van der Waals surface area contributed by atoms with Gasteiger partial charge in [0.25, 0.3) is 0 Å². The summed E-state index contributed by atoms with van der Waals surface area (Å²) in [5.41, 5.74) is 1.38. The van der Waals surface area contributed by atoms with E-state index in [-0.39, 0.29) is 0 Å². The van der Waals surface area contributed by atoms with Crippen molar-refractivity contribution < 1.29 is 9.90 Å². The van der Waals surface area contributed by atoms with E-state index in [1.807, 2.05) is 6.08 Å². The smallest absolute Gasteiger partial charge is 0.328 e. The van der Waals surface area contributed by atoms with Crippen LogP contribution in [0.1, 0.15) is 25.7 Å². The fourth-order valence-electron chi connectivity index (χ4n) is 2.05. The summed E-state index contributed by atoms with van der Waals surface area (Å²) >= 11 is 0. The van der Waals surface area contributed by atoms with Gasteiger partial charge in [-0.1, -0.05) is 17.7 Å². The molecular formula is C12H17NO2. The van der Waals surface area contributed by atoms with Crippen molar-refractivity contribution in [1.29, 1.82) is 0 Å². The molecule has 1 aliphatic carbocycles. The summed E-state index contributed by atoms with van der Waals surface area (Å²) in [6.45, 7) is 2.30. The van der Waals surface area contributed by atoms with E-state index in [4.69, 9.17) is 5.11 Å². The van der Waals surface area contributed by atoms with Crippen LogP contribution in [0.3, 0.4) is 0 Å². The Balaban J connectivity index is 1.79. The number of rotatable bonds is 3. The Kier molecular flexibility index (Phi) is 3.21. The monoisotopic (exact) mass is 207 g/mol. The zero-order valence-corrected chi connectivity index (χ0v) is 8.85. The van der Waals surface area contributed by atoms with Crippen molar-refractivity contribution >= 4 is 5.97 Å². The predicted octanol–water partition coefficient (Wildman–Crippen LogP) is 1.81. The molecule has 0 radical (unpaired) electrons. The molecule has 3 heteroatoms. The number of carboxylic acid groups (broad SMARTS) is 1. The van der Waals surface area contributed by atoms with Crippen LogP contribution in [0.15, 0.2) is 23.8 Å². The van der Waals surface area contributed by atoms with E-state index in [1.54, 1.807) is 6.08 Å². The van der Waals surface area contributed by atoms with Gasteiger partial charge in [0.15, 0.2) is 0 Å². The number of allylic oxidation sites excluding steroid dienone is 2. The first-order valence-electron chi connectivity index (χ1n) is 5.59. The molecule has 0 atom stereocenters. The zero-order chi connectivity index (χ0) is 10.7. The number of piperidine rings is 1. The van der Waals surface area contributed by atoms with Gasteiger partial charge >= 0.3 is 5.97 Å². The standard InChI is InChI=1S/C12H17NO2/c14-12(15)3-1-2-10-6-8-13(9-7-10)11-4-5-11/h1-3,11H,4-9H2,(H,14,15)/b3-1+. The molecule has 0 aromatic rings. The maximum absolute atomic E-state index is 10.3. The maximum Gasteiger partial charge on any atom is 0.328 e. The first-order valence-corrected chi connectivity index (χ1v) is 5.59. The third-order valence-corrected chi connectivity index (χ3v) is 3.07. The second-order valence-corrected chi connectivity index (χ2v) is 4.29. The number of aliphatic carboxylic acids is 1. The second-order valence-electron chi connectivity index (χ2n) is 4.29. The highest BCUT2D eigenvalue weighted by molar-refractivity contribution is 5.80. The quantitative estimate of drug-likeness (QED) is 0.717. The zero-order valence-electron chi connectivity index (χ0n) is 8.85. The lowest BCUT2D eigenvalue weighted by Gasteiger charge is -2.27. The average Bonchev–Trinajstić information content (AvgIpc) is 3.02. The molecule has 2 rings (SSSR count). The van der Waals surface area contributed by atoms with Crippen molar-refractivity contribution in [2.45, 2.75) is 31.7 Å². The first-order chi connectivity index (χ1) is 7.25. The molecule has 1 saturated heterocycles. The Hall–Kier alpha value is -1.09. The molecule has 0 unspecified atom stereocenters. The van der Waals surface area contributed by atoms with Gasteiger partial charge in [-0.15, -0.1) is 0 Å². The molecule has 1 aliphatic heterocycles. The summed E-state index contributed by atoms with van der Waals surface area (Å²) in [4.78, 5) is 12.8. The van der Waals surface area contributed by atoms with E-state index < -0.39 is 5.97 Å². The predicted molar refractivity (Wildman–Crippen MR) is 58.7 cm³/mol. The number of hydrogen-bond acceptors (Lipinski definition) is 2. The van der Waals surface area contributed by atoms with Gasteiger partial charge in [0, 0.05) is 25.2 Å². The Bertz CT molecular complexity index is 293. The van der Waals surface area contributed by atoms with Crippen molar-refractivity contribution in [3.8, 4) is 0 Å². The summed E-state index contributed by atoms with van der Waals surface area (Å²) in [7, 11) is 0. The summed E-state index contributed by atoms with van der Waals surface area (Å²) < 4.78 is 0. The molecule has 0 spiro atoms. The third kappa shape index (κ3) is 3.20. The molecule has 82 valence electrons. The van der Waals surface area contributed by atoms with Crippen LogP contribution in [0.25, 0.3) is 0 Å². The van der Waals surface area contributed by atoms with Crippen LogP contribution in [0.2, 0.25) is 0 Å². The Morgan fingerprint density at radius 3 is 2.53 bits per heavy atom. The second kappa shape index (κ2) is 4.62. The van der Waals surface area contributed by atoms with Crippen molar-refractivity contribution in [1.82, 2.24) is 4.90 Å². The van der Waals surface area contributed by atoms with E-state index >= 15 is 0 Å². The molecule has 0 aromatic heterocycles. The summed E-state index contributed by atoms with van der Waals surface area (Å²) in [5.74, 6) is -0.873. The van der Waals surface area contributed by atoms with Gasteiger partial charge in [0.2, 0.25) is 0 Å². The number of carbonyl (C=O) groups is 1. The molecule has 3 nitrogen and oxygen atoms in total. The fraction of sp³-hybridized carbons (Fsp3) is 0.583. The normalized spacial score (nSPS) is 23.3. The van der Waals surface area contributed by atoms with Gasteiger partial charge in [-0.2, -0.15) is 0 Å². The van der Waals surface area contributed by atoms with E-state index in [1.165, 1.54) is 24.5 Å². The molecule has 1 heterocycles. The van der Waals surface area contributed by atoms with Gasteiger partial charge < -0.3 is 5.11 Å². The van der Waals surface area contributed by atoms with Crippen LogP contribution < -0.4 is 0 Å². The average molecular weight is 207 g/mol. The van der Waals surface area contributed by atoms with Crippen LogP contribution in [0.4, 0.5) is 0 Å². The first kappa shape index (κ1) is 10.4. The van der Waals surface area contributed by atoms with Gasteiger partial charge in [-0.05, 0) is 25.7 Å². The van der Waals surface area contributed by atoms with E-state index in [0.717, 1.165) is 32.0 Å². The van der Waals surface area contributed by atoms with Crippen molar-refractivity contribution in [3.63, 3.8) is 0 Å². The lowest BCUT2D eigenvalue weighted by atomic mass is 10.0. The largest absolute Gasteiger partial charge is 0.478 e. The van der Waals surface area contributed by atoms with Gasteiger partial charge in [-0.3, -0.25) is 4.90 Å². The van der Waals surface area contributed by atoms with Gasteiger partial charge in [0.05, 0.1) is 0 Å². The molecule has 2 fully saturated rings.